The molecular weight excluding hydrogens is 310 g/mol. The maximum atomic E-state index is 5.69. The Balaban J connectivity index is 1.79. The summed E-state index contributed by atoms with van der Waals surface area (Å²) in [5.74, 6) is 0. The van der Waals surface area contributed by atoms with Crippen molar-refractivity contribution in [2.45, 2.75) is 19.6 Å². The summed E-state index contributed by atoms with van der Waals surface area (Å²) in [6.45, 7) is 1.96. The van der Waals surface area contributed by atoms with Gasteiger partial charge in [0.05, 0.1) is 13.2 Å². The zero-order valence-corrected chi connectivity index (χ0v) is 12.5. The third kappa shape index (κ3) is 3.92. The van der Waals surface area contributed by atoms with Crippen LogP contribution < -0.4 is 5.73 Å². The molecule has 4 heteroatoms. The van der Waals surface area contributed by atoms with Crippen molar-refractivity contribution in [2.75, 3.05) is 6.61 Å². The zero-order chi connectivity index (χ0) is 12.8. The first-order valence-corrected chi connectivity index (χ1v) is 7.54. The molecule has 0 unspecified atom stereocenters. The zero-order valence-electron chi connectivity index (χ0n) is 10.1. The van der Waals surface area contributed by atoms with E-state index in [-0.39, 0.29) is 0 Å². The standard InChI is InChI=1S/C14H16BrNOS/c15-14-8-11(9-16)3-4-12(14)10-17-6-5-13-2-1-7-18-13/h1-4,7-8H,5-6,9-10,16H2. The smallest absolute Gasteiger partial charge is 0.0727 e. The van der Waals surface area contributed by atoms with Crippen molar-refractivity contribution in [3.05, 3.63) is 56.2 Å². The summed E-state index contributed by atoms with van der Waals surface area (Å²) in [4.78, 5) is 1.37. The highest BCUT2D eigenvalue weighted by atomic mass is 79.9. The van der Waals surface area contributed by atoms with Gasteiger partial charge in [-0.2, -0.15) is 0 Å². The summed E-state index contributed by atoms with van der Waals surface area (Å²) >= 11 is 5.32. The van der Waals surface area contributed by atoms with Crippen LogP contribution in [0.1, 0.15) is 16.0 Å². The van der Waals surface area contributed by atoms with Gasteiger partial charge in [-0.25, -0.2) is 0 Å². The number of benzene rings is 1. The summed E-state index contributed by atoms with van der Waals surface area (Å²) in [6.07, 6.45) is 0.982. The third-order valence-corrected chi connectivity index (χ3v) is 4.36. The molecule has 0 saturated carbocycles. The Labute approximate surface area is 120 Å². The van der Waals surface area contributed by atoms with E-state index in [0.717, 1.165) is 23.1 Å². The van der Waals surface area contributed by atoms with Gasteiger partial charge < -0.3 is 10.5 Å². The third-order valence-electron chi connectivity index (χ3n) is 2.68. The summed E-state index contributed by atoms with van der Waals surface area (Å²) in [5, 5.41) is 2.09. The van der Waals surface area contributed by atoms with Crippen LogP contribution in [-0.4, -0.2) is 6.61 Å². The van der Waals surface area contributed by atoms with Crippen molar-refractivity contribution >= 4 is 27.3 Å². The maximum Gasteiger partial charge on any atom is 0.0727 e. The number of ether oxygens (including phenoxy) is 1. The number of halogens is 1. The molecule has 0 atom stereocenters. The van der Waals surface area contributed by atoms with Gasteiger partial charge in [-0.15, -0.1) is 11.3 Å². The minimum atomic E-state index is 0.568. The maximum absolute atomic E-state index is 5.69. The molecular formula is C14H16BrNOS. The van der Waals surface area contributed by atoms with Gasteiger partial charge in [0.15, 0.2) is 0 Å². The molecule has 0 aliphatic rings. The first-order valence-electron chi connectivity index (χ1n) is 5.87. The van der Waals surface area contributed by atoms with Crippen LogP contribution in [0.15, 0.2) is 40.2 Å². The topological polar surface area (TPSA) is 35.2 Å². The molecule has 0 radical (unpaired) electrons. The fourth-order valence-corrected chi connectivity index (χ4v) is 2.88. The van der Waals surface area contributed by atoms with Crippen molar-refractivity contribution in [1.29, 1.82) is 0 Å². The van der Waals surface area contributed by atoms with Crippen molar-refractivity contribution in [3.8, 4) is 0 Å². The van der Waals surface area contributed by atoms with Crippen LogP contribution in [0.25, 0.3) is 0 Å². The lowest BCUT2D eigenvalue weighted by Crippen LogP contribution is -2.00. The van der Waals surface area contributed by atoms with E-state index in [1.807, 2.05) is 6.07 Å². The van der Waals surface area contributed by atoms with Crippen LogP contribution in [0.3, 0.4) is 0 Å². The molecule has 0 saturated heterocycles. The SMILES string of the molecule is NCc1ccc(COCCc2cccs2)c(Br)c1. The molecule has 1 aromatic carbocycles. The van der Waals surface area contributed by atoms with Gasteiger partial charge in [-0.1, -0.05) is 34.1 Å². The van der Waals surface area contributed by atoms with Crippen molar-refractivity contribution in [1.82, 2.24) is 0 Å². The fraction of sp³-hybridized carbons (Fsp3) is 0.286. The molecule has 18 heavy (non-hydrogen) atoms. The van der Waals surface area contributed by atoms with Gasteiger partial charge in [0.25, 0.3) is 0 Å². The van der Waals surface area contributed by atoms with E-state index < -0.39 is 0 Å². The largest absolute Gasteiger partial charge is 0.376 e. The van der Waals surface area contributed by atoms with Crippen molar-refractivity contribution in [3.63, 3.8) is 0 Å². The molecule has 0 fully saturated rings. The summed E-state index contributed by atoms with van der Waals surface area (Å²) in [5.41, 5.74) is 7.89. The van der Waals surface area contributed by atoms with Crippen LogP contribution >= 0.6 is 27.3 Å². The van der Waals surface area contributed by atoms with Gasteiger partial charge in [0.2, 0.25) is 0 Å². The van der Waals surface area contributed by atoms with Crippen LogP contribution in [0.2, 0.25) is 0 Å². The average molecular weight is 326 g/mol. The molecule has 0 aliphatic carbocycles. The minimum absolute atomic E-state index is 0.568. The Bertz CT molecular complexity index is 485. The number of rotatable bonds is 6. The monoisotopic (exact) mass is 325 g/mol. The Morgan fingerprint density at radius 2 is 2.17 bits per heavy atom. The van der Waals surface area contributed by atoms with E-state index >= 15 is 0 Å². The lowest BCUT2D eigenvalue weighted by Gasteiger charge is -2.07. The van der Waals surface area contributed by atoms with Gasteiger partial charge in [-0.05, 0) is 28.6 Å². The molecule has 96 valence electrons. The molecule has 2 rings (SSSR count). The second kappa shape index (κ2) is 7.04. The number of nitrogens with two attached hydrogens (primary N) is 1. The number of hydrogen-bond acceptors (Lipinski definition) is 3. The fourth-order valence-electron chi connectivity index (χ4n) is 1.64. The highest BCUT2D eigenvalue weighted by molar-refractivity contribution is 9.10. The van der Waals surface area contributed by atoms with E-state index in [1.54, 1.807) is 11.3 Å². The lowest BCUT2D eigenvalue weighted by atomic mass is 10.1. The lowest BCUT2D eigenvalue weighted by molar-refractivity contribution is 0.124. The van der Waals surface area contributed by atoms with E-state index in [4.69, 9.17) is 10.5 Å². The van der Waals surface area contributed by atoms with Crippen molar-refractivity contribution in [2.24, 2.45) is 5.73 Å². The molecule has 0 spiro atoms. The van der Waals surface area contributed by atoms with Crippen LogP contribution in [0.4, 0.5) is 0 Å². The molecule has 2 N–H and O–H groups in total. The summed E-state index contributed by atoms with van der Waals surface area (Å²) in [7, 11) is 0. The highest BCUT2D eigenvalue weighted by Gasteiger charge is 2.01. The molecule has 0 amide bonds. The Morgan fingerprint density at radius 3 is 2.83 bits per heavy atom. The molecule has 1 aromatic heterocycles. The first-order chi connectivity index (χ1) is 8.79. The van der Waals surface area contributed by atoms with Gasteiger partial charge in [0, 0.05) is 22.3 Å². The molecule has 0 bridgehead atoms. The number of hydrogen-bond donors (Lipinski definition) is 1. The predicted octanol–water partition coefficient (Wildman–Crippen LogP) is 3.73. The molecule has 0 aliphatic heterocycles. The number of thiophene rings is 1. The quantitative estimate of drug-likeness (QED) is 0.821. The van der Waals surface area contributed by atoms with E-state index in [1.165, 1.54) is 10.4 Å². The normalized spacial score (nSPS) is 10.8. The van der Waals surface area contributed by atoms with Gasteiger partial charge in [-0.3, -0.25) is 0 Å². The van der Waals surface area contributed by atoms with Crippen LogP contribution in [-0.2, 0) is 24.3 Å². The minimum Gasteiger partial charge on any atom is -0.376 e. The van der Waals surface area contributed by atoms with Crippen LogP contribution in [0, 0.1) is 0 Å². The highest BCUT2D eigenvalue weighted by Crippen LogP contribution is 2.19. The summed E-state index contributed by atoms with van der Waals surface area (Å²) < 4.78 is 6.76. The molecule has 2 nitrogen and oxygen atoms in total. The molecule has 2 aromatic rings. The van der Waals surface area contributed by atoms with Crippen LogP contribution in [0.5, 0.6) is 0 Å². The Hall–Kier alpha value is -0.680. The summed E-state index contributed by atoms with van der Waals surface area (Å²) in [6, 6.07) is 10.4. The van der Waals surface area contributed by atoms with Gasteiger partial charge >= 0.3 is 0 Å². The van der Waals surface area contributed by atoms with E-state index in [0.29, 0.717) is 13.2 Å². The first kappa shape index (κ1) is 13.7. The second-order valence-electron chi connectivity index (χ2n) is 4.01. The van der Waals surface area contributed by atoms with Gasteiger partial charge in [0.1, 0.15) is 0 Å². The predicted molar refractivity (Wildman–Crippen MR) is 79.7 cm³/mol. The second-order valence-corrected chi connectivity index (χ2v) is 5.90. The van der Waals surface area contributed by atoms with Crippen molar-refractivity contribution < 1.29 is 4.74 Å². The molecule has 1 heterocycles. The Kier molecular flexibility index (Phi) is 5.38. The Morgan fingerprint density at radius 1 is 1.28 bits per heavy atom. The van der Waals surface area contributed by atoms with E-state index in [2.05, 4.69) is 45.6 Å². The average Bonchev–Trinajstić information content (AvgIpc) is 2.89. The van der Waals surface area contributed by atoms with E-state index in [9.17, 15) is 0 Å².